The highest BCUT2D eigenvalue weighted by atomic mass is 31.2. The van der Waals surface area contributed by atoms with Gasteiger partial charge in [-0.3, -0.25) is 4.57 Å². The van der Waals surface area contributed by atoms with Crippen molar-refractivity contribution >= 4 is 13.3 Å². The molecular formula is C13H18NO4P. The summed E-state index contributed by atoms with van der Waals surface area (Å²) in [6, 6.07) is 9.25. The van der Waals surface area contributed by atoms with Crippen LogP contribution >= 0.6 is 7.37 Å². The van der Waals surface area contributed by atoms with Gasteiger partial charge in [-0.15, -0.1) is 0 Å². The lowest BCUT2D eigenvalue weighted by atomic mass is 10.2. The molecule has 0 saturated heterocycles. The van der Waals surface area contributed by atoms with Crippen LogP contribution in [0.2, 0.25) is 0 Å². The molecule has 2 unspecified atom stereocenters. The fourth-order valence-electron chi connectivity index (χ4n) is 1.30. The fraction of sp³-hybridized carbons (Fsp3) is 0.308. The van der Waals surface area contributed by atoms with E-state index in [0.29, 0.717) is 0 Å². The summed E-state index contributed by atoms with van der Waals surface area (Å²) in [7, 11) is -3.43. The summed E-state index contributed by atoms with van der Waals surface area (Å²) in [5.41, 5.74) is 6.59. The summed E-state index contributed by atoms with van der Waals surface area (Å²) in [6.07, 6.45) is 1.26. The number of ether oxygens (including phenoxy) is 1. The highest BCUT2D eigenvalue weighted by molar-refractivity contribution is 7.58. The number of nitrogens with two attached hydrogens (primary N) is 1. The van der Waals surface area contributed by atoms with Gasteiger partial charge < -0.3 is 15.4 Å². The third-order valence-electron chi connectivity index (χ3n) is 2.51. The van der Waals surface area contributed by atoms with Gasteiger partial charge in [0.1, 0.15) is 12.4 Å². The van der Waals surface area contributed by atoms with Gasteiger partial charge in [0.15, 0.2) is 0 Å². The molecule has 104 valence electrons. The zero-order valence-electron chi connectivity index (χ0n) is 10.9. The summed E-state index contributed by atoms with van der Waals surface area (Å²) in [4.78, 5) is 20.9. The molecule has 5 nitrogen and oxygen atoms in total. The minimum atomic E-state index is -3.43. The van der Waals surface area contributed by atoms with E-state index in [2.05, 4.69) is 0 Å². The smallest absolute Gasteiger partial charge is 0.333 e. The minimum absolute atomic E-state index is 0.156. The molecule has 1 aromatic rings. The van der Waals surface area contributed by atoms with Crippen molar-refractivity contribution in [3.8, 4) is 0 Å². The van der Waals surface area contributed by atoms with Crippen molar-refractivity contribution in [1.82, 2.24) is 0 Å². The average Bonchev–Trinajstić information content (AvgIpc) is 2.35. The Hall–Kier alpha value is -1.42. The Kier molecular flexibility index (Phi) is 5.48. The van der Waals surface area contributed by atoms with E-state index in [1.54, 1.807) is 0 Å². The Bertz CT molecular complexity index is 507. The molecule has 0 fully saturated rings. The van der Waals surface area contributed by atoms with Crippen LogP contribution in [0.15, 0.2) is 42.0 Å². The standard InChI is InChI=1S/C13H18NO4P/c1-10(8-12(14)19(2,16)17)13(15)18-9-11-6-4-3-5-7-11/h3-8,12H,9,14H2,1-2H3,(H,16,17)/b10-8-. The van der Waals surface area contributed by atoms with Crippen LogP contribution in [-0.4, -0.2) is 23.3 Å². The topological polar surface area (TPSA) is 89.6 Å². The zero-order valence-corrected chi connectivity index (χ0v) is 11.8. The lowest BCUT2D eigenvalue weighted by molar-refractivity contribution is -0.140. The van der Waals surface area contributed by atoms with E-state index in [-0.39, 0.29) is 12.2 Å². The van der Waals surface area contributed by atoms with E-state index in [0.717, 1.165) is 12.2 Å². The van der Waals surface area contributed by atoms with Gasteiger partial charge in [0.2, 0.25) is 7.37 Å². The van der Waals surface area contributed by atoms with E-state index in [1.807, 2.05) is 30.3 Å². The molecule has 0 heterocycles. The molecule has 0 spiro atoms. The van der Waals surface area contributed by atoms with Gasteiger partial charge in [-0.25, -0.2) is 4.79 Å². The lowest BCUT2D eigenvalue weighted by Gasteiger charge is -2.12. The van der Waals surface area contributed by atoms with Gasteiger partial charge in [-0.05, 0) is 18.6 Å². The Morgan fingerprint density at radius 1 is 1.47 bits per heavy atom. The van der Waals surface area contributed by atoms with Crippen LogP contribution in [0.3, 0.4) is 0 Å². The second kappa shape index (κ2) is 6.66. The van der Waals surface area contributed by atoms with E-state index in [1.165, 1.54) is 13.0 Å². The highest BCUT2D eigenvalue weighted by Crippen LogP contribution is 2.39. The Labute approximate surface area is 112 Å². The summed E-state index contributed by atoms with van der Waals surface area (Å²) in [5, 5.41) is 0. The normalized spacial score (nSPS) is 16.5. The van der Waals surface area contributed by atoms with Gasteiger partial charge in [0.05, 0.1) is 0 Å². The summed E-state index contributed by atoms with van der Waals surface area (Å²) in [5.74, 6) is -1.61. The van der Waals surface area contributed by atoms with Crippen LogP contribution in [0.4, 0.5) is 0 Å². The average molecular weight is 283 g/mol. The molecule has 0 aromatic heterocycles. The number of carbonyl (C=O) groups excluding carboxylic acids is 1. The molecule has 0 radical (unpaired) electrons. The highest BCUT2D eigenvalue weighted by Gasteiger charge is 2.20. The van der Waals surface area contributed by atoms with Crippen LogP contribution in [0.25, 0.3) is 0 Å². The van der Waals surface area contributed by atoms with Crippen LogP contribution in [0, 0.1) is 0 Å². The molecule has 1 aromatic carbocycles. The quantitative estimate of drug-likeness (QED) is 0.489. The predicted octanol–water partition coefficient (Wildman–Crippen LogP) is 1.86. The molecule has 1 rings (SSSR count). The number of esters is 1. The third-order valence-corrected chi connectivity index (χ3v) is 3.76. The van der Waals surface area contributed by atoms with E-state index in [9.17, 15) is 14.3 Å². The van der Waals surface area contributed by atoms with Gasteiger partial charge in [-0.2, -0.15) is 0 Å². The molecule has 0 aliphatic rings. The lowest BCUT2D eigenvalue weighted by Crippen LogP contribution is -2.19. The van der Waals surface area contributed by atoms with Crippen LogP contribution < -0.4 is 5.73 Å². The van der Waals surface area contributed by atoms with E-state index >= 15 is 0 Å². The van der Waals surface area contributed by atoms with Crippen molar-refractivity contribution in [2.75, 3.05) is 6.66 Å². The number of benzene rings is 1. The number of carbonyl (C=O) groups is 1. The van der Waals surface area contributed by atoms with Crippen molar-refractivity contribution < 1.29 is 19.0 Å². The first kappa shape index (κ1) is 15.6. The van der Waals surface area contributed by atoms with Gasteiger partial charge in [-0.1, -0.05) is 30.3 Å². The zero-order chi connectivity index (χ0) is 14.5. The molecule has 19 heavy (non-hydrogen) atoms. The number of hydrogen-bond acceptors (Lipinski definition) is 4. The van der Waals surface area contributed by atoms with Crippen molar-refractivity contribution in [3.05, 3.63) is 47.5 Å². The molecule has 0 saturated carbocycles. The van der Waals surface area contributed by atoms with E-state index < -0.39 is 19.1 Å². The molecule has 6 heteroatoms. The molecule has 2 atom stereocenters. The van der Waals surface area contributed by atoms with Crippen molar-refractivity contribution in [2.45, 2.75) is 19.3 Å². The first-order valence-corrected chi connectivity index (χ1v) is 7.93. The molecule has 3 N–H and O–H groups in total. The van der Waals surface area contributed by atoms with Crippen molar-refractivity contribution in [1.29, 1.82) is 0 Å². The maximum atomic E-state index is 11.7. The van der Waals surface area contributed by atoms with E-state index in [4.69, 9.17) is 10.5 Å². The third kappa shape index (κ3) is 5.39. The molecule has 0 aliphatic heterocycles. The molecular weight excluding hydrogens is 265 g/mol. The molecule has 0 amide bonds. The maximum absolute atomic E-state index is 11.7. The summed E-state index contributed by atoms with van der Waals surface area (Å²) >= 11 is 0. The van der Waals surface area contributed by atoms with Gasteiger partial charge in [0.25, 0.3) is 0 Å². The minimum Gasteiger partial charge on any atom is -0.457 e. The van der Waals surface area contributed by atoms with Crippen LogP contribution in [-0.2, 0) is 20.7 Å². The largest absolute Gasteiger partial charge is 0.457 e. The monoisotopic (exact) mass is 283 g/mol. The van der Waals surface area contributed by atoms with Gasteiger partial charge in [0, 0.05) is 12.2 Å². The Balaban J connectivity index is 2.59. The van der Waals surface area contributed by atoms with Gasteiger partial charge >= 0.3 is 5.97 Å². The summed E-state index contributed by atoms with van der Waals surface area (Å²) < 4.78 is 16.4. The van der Waals surface area contributed by atoms with Crippen molar-refractivity contribution in [3.63, 3.8) is 0 Å². The number of rotatable bonds is 5. The molecule has 0 bridgehead atoms. The predicted molar refractivity (Wildman–Crippen MR) is 73.7 cm³/mol. The van der Waals surface area contributed by atoms with Crippen molar-refractivity contribution in [2.24, 2.45) is 5.73 Å². The fourth-order valence-corrected chi connectivity index (χ4v) is 1.80. The first-order chi connectivity index (χ1) is 8.80. The molecule has 0 aliphatic carbocycles. The van der Waals surface area contributed by atoms with Crippen LogP contribution in [0.5, 0.6) is 0 Å². The summed E-state index contributed by atoms with van der Waals surface area (Å²) in [6.45, 7) is 2.81. The van der Waals surface area contributed by atoms with Crippen LogP contribution in [0.1, 0.15) is 12.5 Å². The number of hydrogen-bond donors (Lipinski definition) is 2. The second-order valence-electron chi connectivity index (χ2n) is 4.35. The maximum Gasteiger partial charge on any atom is 0.333 e. The SMILES string of the molecule is C/C(=C/C(N)P(C)(=O)O)C(=O)OCc1ccccc1. The second-order valence-corrected chi connectivity index (χ2v) is 6.83. The Morgan fingerprint density at radius 2 is 2.05 bits per heavy atom. The first-order valence-electron chi connectivity index (χ1n) is 5.75. The Morgan fingerprint density at radius 3 is 2.58 bits per heavy atom.